The van der Waals surface area contributed by atoms with E-state index in [0.717, 1.165) is 55.9 Å². The van der Waals surface area contributed by atoms with Gasteiger partial charge in [0.1, 0.15) is 22.8 Å². The molecule has 1 aliphatic heterocycles. The summed E-state index contributed by atoms with van der Waals surface area (Å²) in [6.45, 7) is 0. The van der Waals surface area contributed by atoms with Crippen molar-refractivity contribution in [3.8, 4) is 11.1 Å². The Labute approximate surface area is 282 Å². The van der Waals surface area contributed by atoms with Gasteiger partial charge in [0.15, 0.2) is 6.17 Å². The second kappa shape index (κ2) is 11.0. The lowest BCUT2D eigenvalue weighted by atomic mass is 9.92. The fraction of sp³-hybridized carbons (Fsp3) is 0.0222. The number of furan rings is 1. The molecule has 1 N–H and O–H groups in total. The van der Waals surface area contributed by atoms with E-state index in [1.165, 1.54) is 37.9 Å². The highest BCUT2D eigenvalue weighted by molar-refractivity contribution is 6.26. The second-order valence-electron chi connectivity index (χ2n) is 12.6. The maximum Gasteiger partial charge on any atom is 0.169 e. The van der Waals surface area contributed by atoms with E-state index in [1.807, 2.05) is 36.4 Å². The lowest BCUT2D eigenvalue weighted by Gasteiger charge is -2.22. The largest absolute Gasteiger partial charge is 0.456 e. The average molecular weight is 628 g/mol. The van der Waals surface area contributed by atoms with E-state index in [9.17, 15) is 0 Å². The van der Waals surface area contributed by atoms with Gasteiger partial charge in [0, 0.05) is 27.5 Å². The van der Waals surface area contributed by atoms with E-state index in [0.29, 0.717) is 0 Å². The number of aliphatic imine (C=N–C) groups is 2. The summed E-state index contributed by atoms with van der Waals surface area (Å²) >= 11 is 0. The maximum absolute atomic E-state index is 6.46. The lowest BCUT2D eigenvalue weighted by Crippen LogP contribution is -2.35. The topological polar surface area (TPSA) is 49.9 Å². The Morgan fingerprint density at radius 3 is 1.47 bits per heavy atom. The molecule has 0 radical (unpaired) electrons. The third-order valence-electron chi connectivity index (χ3n) is 9.71. The molecule has 4 heteroatoms. The van der Waals surface area contributed by atoms with Gasteiger partial charge < -0.3 is 9.73 Å². The number of nitrogens with one attached hydrogen (secondary N) is 1. The van der Waals surface area contributed by atoms with Gasteiger partial charge in [-0.05, 0) is 67.7 Å². The van der Waals surface area contributed by atoms with Crippen LogP contribution in [0.25, 0.3) is 65.4 Å². The third kappa shape index (κ3) is 4.61. The number of benzene rings is 8. The van der Waals surface area contributed by atoms with Crippen LogP contribution >= 0.6 is 0 Å². The summed E-state index contributed by atoms with van der Waals surface area (Å²) in [6, 6.07) is 57.6. The van der Waals surface area contributed by atoms with Crippen molar-refractivity contribution in [2.24, 2.45) is 9.98 Å². The van der Waals surface area contributed by atoms with Gasteiger partial charge in [-0.3, -0.25) is 0 Å². The number of rotatable bonds is 4. The number of amidine groups is 2. The van der Waals surface area contributed by atoms with E-state index in [2.05, 4.69) is 133 Å². The van der Waals surface area contributed by atoms with Gasteiger partial charge >= 0.3 is 0 Å². The molecule has 1 aliphatic rings. The number of fused-ring (bicyclic) bond motifs is 9. The standard InChI is InChI=1S/C45H29N3O/c1-3-11-28(12-4-1)43-46-44(29-13-5-2-6-14-29)48-45(47-43)32-20-23-38-40-26-31(21-24-41(40)49-42(38)27-32)30-19-22-37-35-17-8-7-15-33(35)34-16-9-10-18-36(34)39(37)25-30/h1-27,45H,(H,46,47,48). The Morgan fingerprint density at radius 1 is 0.367 bits per heavy atom. The van der Waals surface area contributed by atoms with Crippen LogP contribution in [0.4, 0.5) is 0 Å². The van der Waals surface area contributed by atoms with Gasteiger partial charge in [-0.25, -0.2) is 9.98 Å². The molecule has 0 saturated carbocycles. The fourth-order valence-corrected chi connectivity index (χ4v) is 7.31. The molecule has 49 heavy (non-hydrogen) atoms. The number of nitrogens with zero attached hydrogens (tertiary/aromatic N) is 2. The molecule has 4 nitrogen and oxygen atoms in total. The van der Waals surface area contributed by atoms with Gasteiger partial charge in [0.2, 0.25) is 0 Å². The molecule has 0 unspecified atom stereocenters. The molecule has 0 fully saturated rings. The molecule has 10 rings (SSSR count). The third-order valence-corrected chi connectivity index (χ3v) is 9.71. The first-order chi connectivity index (χ1) is 24.3. The zero-order valence-corrected chi connectivity index (χ0v) is 26.5. The van der Waals surface area contributed by atoms with Crippen LogP contribution in [-0.2, 0) is 0 Å². The Bertz CT molecular complexity index is 2710. The molecular formula is C45H29N3O. The molecule has 8 aromatic carbocycles. The number of hydrogen-bond donors (Lipinski definition) is 1. The van der Waals surface area contributed by atoms with Crippen molar-refractivity contribution in [2.45, 2.75) is 6.17 Å². The SMILES string of the molecule is c1ccc(C2=NC(c3ccc4c(c3)oc3ccc(-c5ccc6c7ccccc7c7ccccc7c6c5)cc34)N=C(c3ccccc3)N2)cc1. The molecular weight excluding hydrogens is 599 g/mol. The van der Waals surface area contributed by atoms with Crippen LogP contribution in [0.1, 0.15) is 22.9 Å². The van der Waals surface area contributed by atoms with Crippen LogP contribution in [0, 0.1) is 0 Å². The summed E-state index contributed by atoms with van der Waals surface area (Å²) in [5, 5.41) is 13.3. The molecule has 0 atom stereocenters. The maximum atomic E-state index is 6.46. The first kappa shape index (κ1) is 27.6. The predicted molar refractivity (Wildman–Crippen MR) is 204 cm³/mol. The van der Waals surface area contributed by atoms with Gasteiger partial charge in [0.05, 0.1) is 0 Å². The predicted octanol–water partition coefficient (Wildman–Crippen LogP) is 11.2. The minimum absolute atomic E-state index is 0.414. The lowest BCUT2D eigenvalue weighted by molar-refractivity contribution is 0.665. The fourth-order valence-electron chi connectivity index (χ4n) is 7.31. The molecule has 0 aliphatic carbocycles. The summed E-state index contributed by atoms with van der Waals surface area (Å²) in [4.78, 5) is 10.1. The minimum atomic E-state index is -0.414. The molecule has 0 saturated heterocycles. The van der Waals surface area contributed by atoms with Crippen molar-refractivity contribution in [1.29, 1.82) is 0 Å². The molecule has 1 aromatic heterocycles. The van der Waals surface area contributed by atoms with Crippen LogP contribution in [0.5, 0.6) is 0 Å². The molecule has 9 aromatic rings. The summed E-state index contributed by atoms with van der Waals surface area (Å²) in [5.41, 5.74) is 7.04. The van der Waals surface area contributed by atoms with Gasteiger partial charge in [-0.2, -0.15) is 0 Å². The van der Waals surface area contributed by atoms with E-state index in [1.54, 1.807) is 0 Å². The smallest absolute Gasteiger partial charge is 0.169 e. The van der Waals surface area contributed by atoms with E-state index < -0.39 is 6.17 Å². The van der Waals surface area contributed by atoms with Gasteiger partial charge in [-0.15, -0.1) is 0 Å². The second-order valence-corrected chi connectivity index (χ2v) is 12.6. The first-order valence-corrected chi connectivity index (χ1v) is 16.6. The number of hydrogen-bond acceptors (Lipinski definition) is 4. The quantitative estimate of drug-likeness (QED) is 0.197. The average Bonchev–Trinajstić information content (AvgIpc) is 3.55. The monoisotopic (exact) mass is 627 g/mol. The highest BCUT2D eigenvalue weighted by Gasteiger charge is 2.22. The molecule has 230 valence electrons. The Hall–Kier alpha value is -6.52. The van der Waals surface area contributed by atoms with E-state index >= 15 is 0 Å². The molecule has 0 bridgehead atoms. The van der Waals surface area contributed by atoms with Crippen molar-refractivity contribution >= 4 is 65.9 Å². The Morgan fingerprint density at radius 2 is 0.857 bits per heavy atom. The summed E-state index contributed by atoms with van der Waals surface area (Å²) in [6.07, 6.45) is -0.414. The molecule has 0 spiro atoms. The molecule has 0 amide bonds. The Balaban J connectivity index is 1.07. The summed E-state index contributed by atoms with van der Waals surface area (Å²) < 4.78 is 6.46. The Kier molecular flexibility index (Phi) is 6.21. The van der Waals surface area contributed by atoms with Crippen LogP contribution in [0.15, 0.2) is 178 Å². The zero-order valence-electron chi connectivity index (χ0n) is 26.5. The van der Waals surface area contributed by atoms with Crippen molar-refractivity contribution < 1.29 is 4.42 Å². The highest BCUT2D eigenvalue weighted by Crippen LogP contribution is 2.39. The van der Waals surface area contributed by atoms with Crippen LogP contribution in [-0.4, -0.2) is 11.7 Å². The van der Waals surface area contributed by atoms with E-state index in [4.69, 9.17) is 14.4 Å². The van der Waals surface area contributed by atoms with E-state index in [-0.39, 0.29) is 0 Å². The van der Waals surface area contributed by atoms with Crippen molar-refractivity contribution in [3.63, 3.8) is 0 Å². The highest BCUT2D eigenvalue weighted by atomic mass is 16.3. The molecule has 2 heterocycles. The van der Waals surface area contributed by atoms with Crippen LogP contribution in [0.2, 0.25) is 0 Å². The minimum Gasteiger partial charge on any atom is -0.456 e. The zero-order chi connectivity index (χ0) is 32.3. The van der Waals surface area contributed by atoms with Gasteiger partial charge in [0.25, 0.3) is 0 Å². The van der Waals surface area contributed by atoms with Crippen LogP contribution < -0.4 is 5.32 Å². The van der Waals surface area contributed by atoms with Crippen LogP contribution in [0.3, 0.4) is 0 Å². The van der Waals surface area contributed by atoms with Crippen molar-refractivity contribution in [3.05, 3.63) is 180 Å². The summed E-state index contributed by atoms with van der Waals surface area (Å²) in [7, 11) is 0. The normalized spacial score (nSPS) is 13.6. The van der Waals surface area contributed by atoms with Crippen molar-refractivity contribution in [1.82, 2.24) is 5.32 Å². The van der Waals surface area contributed by atoms with Crippen molar-refractivity contribution in [2.75, 3.05) is 0 Å². The van der Waals surface area contributed by atoms with Gasteiger partial charge in [-0.1, -0.05) is 140 Å². The first-order valence-electron chi connectivity index (χ1n) is 16.6. The summed E-state index contributed by atoms with van der Waals surface area (Å²) in [5.74, 6) is 1.59.